The van der Waals surface area contributed by atoms with Crippen molar-refractivity contribution < 1.29 is 9.53 Å². The molecule has 0 aliphatic carbocycles. The molecule has 1 aromatic rings. The smallest absolute Gasteiger partial charge is 0.338 e. The predicted molar refractivity (Wildman–Crippen MR) is 68.9 cm³/mol. The number of benzene rings is 1. The minimum atomic E-state index is -0.333. The molecule has 0 unspecified atom stereocenters. The first-order valence-electron chi connectivity index (χ1n) is 5.25. The Hall–Kier alpha value is -1.09. The third kappa shape index (κ3) is 4.62. The van der Waals surface area contributed by atoms with E-state index in [1.165, 1.54) is 0 Å². The molecule has 0 aliphatic rings. The van der Waals surface area contributed by atoms with Gasteiger partial charge in [-0.15, -0.1) is 0 Å². The van der Waals surface area contributed by atoms with Crippen LogP contribution in [0, 0.1) is 0 Å². The Morgan fingerprint density at radius 2 is 1.94 bits per heavy atom. The Labute approximate surface area is 104 Å². The summed E-state index contributed by atoms with van der Waals surface area (Å²) in [5.41, 5.74) is 0.532. The monoisotopic (exact) mass is 282 g/mol. The SMILES string of the molecule is C=C(CCCCBr)C(=O)Oc1ccccc1. The molecule has 2 nitrogen and oxygen atoms in total. The number of ether oxygens (including phenoxy) is 1. The van der Waals surface area contributed by atoms with Crippen molar-refractivity contribution >= 4 is 21.9 Å². The van der Waals surface area contributed by atoms with Crippen molar-refractivity contribution in [3.05, 3.63) is 42.5 Å². The summed E-state index contributed by atoms with van der Waals surface area (Å²) >= 11 is 3.34. The van der Waals surface area contributed by atoms with E-state index in [1.54, 1.807) is 12.1 Å². The minimum Gasteiger partial charge on any atom is -0.423 e. The highest BCUT2D eigenvalue weighted by Crippen LogP contribution is 2.13. The van der Waals surface area contributed by atoms with Gasteiger partial charge >= 0.3 is 5.97 Å². The van der Waals surface area contributed by atoms with E-state index in [4.69, 9.17) is 4.74 Å². The highest BCUT2D eigenvalue weighted by Gasteiger charge is 2.08. The number of hydrogen-bond acceptors (Lipinski definition) is 2. The number of unbranched alkanes of at least 4 members (excludes halogenated alkanes) is 1. The molecule has 0 bridgehead atoms. The molecule has 3 heteroatoms. The molecular weight excluding hydrogens is 268 g/mol. The lowest BCUT2D eigenvalue weighted by atomic mass is 10.1. The molecule has 1 rings (SSSR count). The maximum Gasteiger partial charge on any atom is 0.338 e. The summed E-state index contributed by atoms with van der Waals surface area (Å²) in [5.74, 6) is 0.231. The molecular formula is C13H15BrO2. The van der Waals surface area contributed by atoms with Gasteiger partial charge in [-0.1, -0.05) is 40.7 Å². The van der Waals surface area contributed by atoms with Crippen LogP contribution in [-0.2, 0) is 4.79 Å². The fraction of sp³-hybridized carbons (Fsp3) is 0.308. The second-order valence-electron chi connectivity index (χ2n) is 3.45. The zero-order chi connectivity index (χ0) is 11.8. The number of carbonyl (C=O) groups is 1. The average molecular weight is 283 g/mol. The van der Waals surface area contributed by atoms with Gasteiger partial charge in [0.2, 0.25) is 0 Å². The fourth-order valence-corrected chi connectivity index (χ4v) is 1.60. The van der Waals surface area contributed by atoms with Crippen molar-refractivity contribution in [3.8, 4) is 5.75 Å². The van der Waals surface area contributed by atoms with Crippen LogP contribution in [0.5, 0.6) is 5.75 Å². The maximum absolute atomic E-state index is 11.6. The van der Waals surface area contributed by atoms with Crippen LogP contribution < -0.4 is 4.74 Å². The number of rotatable bonds is 6. The molecule has 0 atom stereocenters. The van der Waals surface area contributed by atoms with E-state index in [9.17, 15) is 4.79 Å². The molecule has 0 aliphatic heterocycles. The maximum atomic E-state index is 11.6. The van der Waals surface area contributed by atoms with Crippen molar-refractivity contribution in [2.45, 2.75) is 19.3 Å². The Morgan fingerprint density at radius 1 is 1.25 bits per heavy atom. The topological polar surface area (TPSA) is 26.3 Å². The normalized spacial score (nSPS) is 9.81. The summed E-state index contributed by atoms with van der Waals surface area (Å²) in [6, 6.07) is 9.04. The van der Waals surface area contributed by atoms with Crippen LogP contribution in [0.25, 0.3) is 0 Å². The van der Waals surface area contributed by atoms with E-state index in [0.29, 0.717) is 17.7 Å². The van der Waals surface area contributed by atoms with E-state index >= 15 is 0 Å². The molecule has 0 aromatic heterocycles. The largest absolute Gasteiger partial charge is 0.423 e. The molecule has 0 N–H and O–H groups in total. The zero-order valence-corrected chi connectivity index (χ0v) is 10.7. The Bertz CT molecular complexity index is 346. The van der Waals surface area contributed by atoms with E-state index < -0.39 is 0 Å². The summed E-state index contributed by atoms with van der Waals surface area (Å²) in [5, 5.41) is 0.952. The highest BCUT2D eigenvalue weighted by molar-refractivity contribution is 9.09. The molecule has 16 heavy (non-hydrogen) atoms. The number of halogens is 1. The van der Waals surface area contributed by atoms with Crippen molar-refractivity contribution in [2.75, 3.05) is 5.33 Å². The molecule has 1 aromatic carbocycles. The standard InChI is InChI=1S/C13H15BrO2/c1-11(7-5-6-10-14)13(15)16-12-8-3-2-4-9-12/h2-4,8-9H,1,5-7,10H2. The quantitative estimate of drug-likeness (QED) is 0.261. The van der Waals surface area contributed by atoms with Crippen LogP contribution in [-0.4, -0.2) is 11.3 Å². The predicted octanol–water partition coefficient (Wildman–Crippen LogP) is 3.71. The number of carbonyl (C=O) groups excluding carboxylic acids is 1. The van der Waals surface area contributed by atoms with Crippen molar-refractivity contribution in [1.82, 2.24) is 0 Å². The zero-order valence-electron chi connectivity index (χ0n) is 9.12. The molecule has 0 spiro atoms. The van der Waals surface area contributed by atoms with Crippen molar-refractivity contribution in [2.24, 2.45) is 0 Å². The lowest BCUT2D eigenvalue weighted by Gasteiger charge is -2.05. The van der Waals surface area contributed by atoms with Gasteiger partial charge in [0, 0.05) is 10.9 Å². The third-order valence-electron chi connectivity index (χ3n) is 2.10. The Balaban J connectivity index is 2.38. The first-order chi connectivity index (χ1) is 7.74. The van der Waals surface area contributed by atoms with Crippen LogP contribution in [0.1, 0.15) is 19.3 Å². The molecule has 0 saturated heterocycles. The van der Waals surface area contributed by atoms with Gasteiger partial charge in [-0.3, -0.25) is 0 Å². The lowest BCUT2D eigenvalue weighted by Crippen LogP contribution is -2.10. The van der Waals surface area contributed by atoms with E-state index in [2.05, 4.69) is 22.5 Å². The third-order valence-corrected chi connectivity index (χ3v) is 2.67. The van der Waals surface area contributed by atoms with Crippen LogP contribution in [0.3, 0.4) is 0 Å². The van der Waals surface area contributed by atoms with Crippen LogP contribution in [0.15, 0.2) is 42.5 Å². The molecule has 0 heterocycles. The van der Waals surface area contributed by atoms with Crippen molar-refractivity contribution in [3.63, 3.8) is 0 Å². The summed E-state index contributed by atoms with van der Waals surface area (Å²) in [7, 11) is 0. The number of para-hydroxylation sites is 1. The number of esters is 1. The van der Waals surface area contributed by atoms with Gasteiger partial charge in [0.1, 0.15) is 5.75 Å². The van der Waals surface area contributed by atoms with E-state index in [0.717, 1.165) is 18.2 Å². The molecule has 0 fully saturated rings. The summed E-state index contributed by atoms with van der Waals surface area (Å²) in [6.07, 6.45) is 2.68. The molecule has 86 valence electrons. The van der Waals surface area contributed by atoms with Gasteiger partial charge < -0.3 is 4.74 Å². The van der Waals surface area contributed by atoms with Gasteiger partial charge in [0.15, 0.2) is 0 Å². The first kappa shape index (κ1) is 13.0. The summed E-state index contributed by atoms with van der Waals surface area (Å²) in [6.45, 7) is 3.73. The average Bonchev–Trinajstić information content (AvgIpc) is 2.30. The van der Waals surface area contributed by atoms with Crippen LogP contribution in [0.2, 0.25) is 0 Å². The van der Waals surface area contributed by atoms with Gasteiger partial charge in [-0.05, 0) is 31.4 Å². The van der Waals surface area contributed by atoms with Crippen LogP contribution in [0.4, 0.5) is 0 Å². The van der Waals surface area contributed by atoms with Crippen LogP contribution >= 0.6 is 15.9 Å². The molecule has 0 saturated carbocycles. The van der Waals surface area contributed by atoms with E-state index in [1.807, 2.05) is 18.2 Å². The summed E-state index contributed by atoms with van der Waals surface area (Å²) < 4.78 is 5.16. The van der Waals surface area contributed by atoms with Gasteiger partial charge in [0.25, 0.3) is 0 Å². The second-order valence-corrected chi connectivity index (χ2v) is 4.25. The molecule has 0 radical (unpaired) electrons. The fourth-order valence-electron chi connectivity index (χ4n) is 1.20. The van der Waals surface area contributed by atoms with Gasteiger partial charge in [-0.2, -0.15) is 0 Å². The first-order valence-corrected chi connectivity index (χ1v) is 6.37. The van der Waals surface area contributed by atoms with E-state index in [-0.39, 0.29) is 5.97 Å². The van der Waals surface area contributed by atoms with Gasteiger partial charge in [-0.25, -0.2) is 4.79 Å². The summed E-state index contributed by atoms with van der Waals surface area (Å²) in [4.78, 5) is 11.6. The number of hydrogen-bond donors (Lipinski definition) is 0. The second kappa shape index (κ2) is 7.23. The Morgan fingerprint density at radius 3 is 2.56 bits per heavy atom. The Kier molecular flexibility index (Phi) is 5.86. The van der Waals surface area contributed by atoms with Crippen molar-refractivity contribution in [1.29, 1.82) is 0 Å². The molecule has 0 amide bonds. The van der Waals surface area contributed by atoms with Gasteiger partial charge in [0.05, 0.1) is 0 Å². The lowest BCUT2D eigenvalue weighted by molar-refractivity contribution is -0.130. The number of alkyl halides is 1. The highest BCUT2D eigenvalue weighted by atomic mass is 79.9. The minimum absolute atomic E-state index is 0.333.